The van der Waals surface area contributed by atoms with Crippen molar-refractivity contribution in [3.8, 4) is 0 Å². The number of piperidine rings is 1. The van der Waals surface area contributed by atoms with E-state index in [0.29, 0.717) is 32.8 Å². The molecule has 0 spiro atoms. The number of nitrogens with zero attached hydrogens (tertiary/aromatic N) is 2. The topological polar surface area (TPSA) is 96.0 Å². The molecule has 2 saturated heterocycles. The van der Waals surface area contributed by atoms with Gasteiger partial charge in [-0.3, -0.25) is 14.5 Å². The summed E-state index contributed by atoms with van der Waals surface area (Å²) in [7, 11) is -3.60. The molecule has 3 rings (SSSR count). The number of amides is 1. The number of anilines is 1. The predicted molar refractivity (Wildman–Crippen MR) is 114 cm³/mol. The van der Waals surface area contributed by atoms with Gasteiger partial charge in [0.25, 0.3) is 0 Å². The highest BCUT2D eigenvalue weighted by Gasteiger charge is 2.29. The third-order valence-corrected chi connectivity index (χ3v) is 7.63. The van der Waals surface area contributed by atoms with Crippen molar-refractivity contribution in [3.63, 3.8) is 0 Å². The Kier molecular flexibility index (Phi) is 7.73. The number of esters is 1. The lowest BCUT2D eigenvalue weighted by atomic mass is 9.98. The first kappa shape index (κ1) is 23.0. The highest BCUT2D eigenvalue weighted by Crippen LogP contribution is 2.28. The molecule has 2 heterocycles. The number of hydrogen-bond donors (Lipinski definition) is 1. The number of likely N-dealkylation sites (tertiary alicyclic amines) is 1. The summed E-state index contributed by atoms with van der Waals surface area (Å²) >= 11 is 6.19. The van der Waals surface area contributed by atoms with Crippen LogP contribution in [0.1, 0.15) is 32.6 Å². The van der Waals surface area contributed by atoms with Crippen LogP contribution in [0.25, 0.3) is 0 Å². The average molecular weight is 458 g/mol. The number of ether oxygens (including phenoxy) is 1. The van der Waals surface area contributed by atoms with E-state index in [2.05, 4.69) is 5.32 Å². The van der Waals surface area contributed by atoms with Crippen molar-refractivity contribution in [3.05, 3.63) is 23.2 Å². The molecular formula is C20H28ClN3O5S. The minimum absolute atomic E-state index is 0.0926. The van der Waals surface area contributed by atoms with E-state index in [0.717, 1.165) is 25.7 Å². The first-order chi connectivity index (χ1) is 14.3. The number of sulfonamides is 1. The van der Waals surface area contributed by atoms with Crippen molar-refractivity contribution in [2.45, 2.75) is 37.5 Å². The lowest BCUT2D eigenvalue weighted by Crippen LogP contribution is -2.43. The van der Waals surface area contributed by atoms with Crippen LogP contribution in [0.4, 0.5) is 5.69 Å². The first-order valence-electron chi connectivity index (χ1n) is 10.3. The van der Waals surface area contributed by atoms with Gasteiger partial charge < -0.3 is 10.1 Å². The van der Waals surface area contributed by atoms with Crippen molar-refractivity contribution in [2.75, 3.05) is 44.6 Å². The molecule has 2 aliphatic heterocycles. The lowest BCUT2D eigenvalue weighted by molar-refractivity contribution is -0.150. The number of carbonyl (C=O) groups excluding carboxylic acids is 2. The number of rotatable bonds is 7. The Hall–Kier alpha value is -1.68. The monoisotopic (exact) mass is 457 g/mol. The van der Waals surface area contributed by atoms with Crippen LogP contribution in [0.15, 0.2) is 23.1 Å². The van der Waals surface area contributed by atoms with Gasteiger partial charge in [-0.2, -0.15) is 4.31 Å². The summed E-state index contributed by atoms with van der Waals surface area (Å²) in [4.78, 5) is 26.6. The molecule has 0 radical (unpaired) electrons. The van der Waals surface area contributed by atoms with Gasteiger partial charge in [-0.05, 0) is 57.4 Å². The molecule has 0 aromatic heterocycles. The Morgan fingerprint density at radius 3 is 2.63 bits per heavy atom. The van der Waals surface area contributed by atoms with Gasteiger partial charge in [0, 0.05) is 19.6 Å². The van der Waals surface area contributed by atoms with E-state index in [1.54, 1.807) is 6.92 Å². The van der Waals surface area contributed by atoms with E-state index in [1.165, 1.54) is 22.5 Å². The lowest BCUT2D eigenvalue weighted by Gasteiger charge is -2.30. The summed E-state index contributed by atoms with van der Waals surface area (Å²) in [6.45, 7) is 4.38. The number of halogens is 1. The zero-order chi connectivity index (χ0) is 21.7. The molecule has 1 aromatic carbocycles. The van der Waals surface area contributed by atoms with Crippen molar-refractivity contribution in [1.82, 2.24) is 9.21 Å². The smallest absolute Gasteiger partial charge is 0.310 e. The fourth-order valence-electron chi connectivity index (χ4n) is 3.88. The summed E-state index contributed by atoms with van der Waals surface area (Å²) in [6, 6.07) is 4.35. The summed E-state index contributed by atoms with van der Waals surface area (Å²) < 4.78 is 32.1. The minimum Gasteiger partial charge on any atom is -0.466 e. The Morgan fingerprint density at radius 1 is 1.20 bits per heavy atom. The Balaban J connectivity index is 1.64. The maximum Gasteiger partial charge on any atom is 0.310 e. The van der Waals surface area contributed by atoms with Gasteiger partial charge in [-0.1, -0.05) is 11.6 Å². The molecule has 0 aliphatic carbocycles. The predicted octanol–water partition coefficient (Wildman–Crippen LogP) is 2.34. The second kappa shape index (κ2) is 10.1. The Morgan fingerprint density at radius 2 is 1.93 bits per heavy atom. The van der Waals surface area contributed by atoms with Crippen LogP contribution >= 0.6 is 11.6 Å². The molecule has 1 amide bonds. The highest BCUT2D eigenvalue weighted by atomic mass is 35.5. The number of carbonyl (C=O) groups is 2. The van der Waals surface area contributed by atoms with Crippen LogP contribution in [-0.4, -0.2) is 68.8 Å². The quantitative estimate of drug-likeness (QED) is 0.631. The molecule has 0 bridgehead atoms. The van der Waals surface area contributed by atoms with Gasteiger partial charge in [0.15, 0.2) is 0 Å². The molecule has 10 heteroatoms. The van der Waals surface area contributed by atoms with Gasteiger partial charge in [0.1, 0.15) is 0 Å². The number of benzene rings is 1. The van der Waals surface area contributed by atoms with Gasteiger partial charge in [-0.15, -0.1) is 0 Å². The number of nitrogens with one attached hydrogen (secondary N) is 1. The van der Waals surface area contributed by atoms with Crippen LogP contribution in [0.5, 0.6) is 0 Å². The zero-order valence-electron chi connectivity index (χ0n) is 17.1. The fourth-order valence-corrected chi connectivity index (χ4v) is 5.59. The van der Waals surface area contributed by atoms with Crippen molar-refractivity contribution in [1.29, 1.82) is 0 Å². The van der Waals surface area contributed by atoms with Crippen LogP contribution < -0.4 is 5.32 Å². The molecule has 1 aromatic rings. The molecule has 1 atom stereocenters. The molecule has 0 saturated carbocycles. The SMILES string of the molecule is CCOC(=O)C1CCCN(CC(=O)Nc2cc(S(=O)(=O)N3CCCC3)ccc2Cl)C1. The maximum absolute atomic E-state index is 12.8. The normalized spacial score (nSPS) is 20.8. The number of hydrogen-bond acceptors (Lipinski definition) is 6. The molecule has 30 heavy (non-hydrogen) atoms. The standard InChI is InChI=1S/C20H28ClN3O5S/c1-2-29-20(26)15-6-5-9-23(13-15)14-19(25)22-18-12-16(7-8-17(18)21)30(27,28)24-10-3-4-11-24/h7-8,12,15H,2-6,9-11,13-14H2,1H3,(H,22,25). The van der Waals surface area contributed by atoms with E-state index < -0.39 is 10.0 Å². The van der Waals surface area contributed by atoms with E-state index in [-0.39, 0.29) is 39.9 Å². The highest BCUT2D eigenvalue weighted by molar-refractivity contribution is 7.89. The Labute approximate surface area is 182 Å². The van der Waals surface area contributed by atoms with Gasteiger partial charge in [0.2, 0.25) is 15.9 Å². The van der Waals surface area contributed by atoms with E-state index >= 15 is 0 Å². The Bertz CT molecular complexity index is 886. The van der Waals surface area contributed by atoms with Crippen LogP contribution in [0.3, 0.4) is 0 Å². The summed E-state index contributed by atoms with van der Waals surface area (Å²) in [5.41, 5.74) is 0.265. The second-order valence-electron chi connectivity index (χ2n) is 7.63. The van der Waals surface area contributed by atoms with Gasteiger partial charge in [0.05, 0.1) is 34.7 Å². The van der Waals surface area contributed by atoms with Gasteiger partial charge >= 0.3 is 5.97 Å². The van der Waals surface area contributed by atoms with Crippen LogP contribution in [0, 0.1) is 5.92 Å². The zero-order valence-corrected chi connectivity index (χ0v) is 18.7. The van der Waals surface area contributed by atoms with Crippen LogP contribution in [0.2, 0.25) is 5.02 Å². The second-order valence-corrected chi connectivity index (χ2v) is 9.97. The largest absolute Gasteiger partial charge is 0.466 e. The van der Waals surface area contributed by atoms with Crippen molar-refractivity contribution in [2.24, 2.45) is 5.92 Å². The summed E-state index contributed by atoms with van der Waals surface area (Å²) in [6.07, 6.45) is 3.25. The summed E-state index contributed by atoms with van der Waals surface area (Å²) in [5, 5.41) is 2.99. The third kappa shape index (κ3) is 5.51. The minimum atomic E-state index is -3.60. The fraction of sp³-hybridized carbons (Fsp3) is 0.600. The molecule has 2 aliphatic rings. The van der Waals surface area contributed by atoms with Crippen molar-refractivity contribution >= 4 is 39.2 Å². The third-order valence-electron chi connectivity index (χ3n) is 5.41. The van der Waals surface area contributed by atoms with Crippen molar-refractivity contribution < 1.29 is 22.7 Å². The molecular weight excluding hydrogens is 430 g/mol. The first-order valence-corrected chi connectivity index (χ1v) is 12.1. The molecule has 2 fully saturated rings. The molecule has 1 N–H and O–H groups in total. The van der Waals surface area contributed by atoms with Crippen LogP contribution in [-0.2, 0) is 24.3 Å². The molecule has 8 nitrogen and oxygen atoms in total. The molecule has 166 valence electrons. The van der Waals surface area contributed by atoms with E-state index in [9.17, 15) is 18.0 Å². The maximum atomic E-state index is 12.8. The van der Waals surface area contributed by atoms with E-state index in [4.69, 9.17) is 16.3 Å². The van der Waals surface area contributed by atoms with Gasteiger partial charge in [-0.25, -0.2) is 8.42 Å². The summed E-state index contributed by atoms with van der Waals surface area (Å²) in [5.74, 6) is -0.772. The average Bonchev–Trinajstić information content (AvgIpc) is 3.25. The molecule has 1 unspecified atom stereocenters. The van der Waals surface area contributed by atoms with E-state index in [1.807, 2.05) is 4.90 Å².